The number of rotatable bonds is 10. The summed E-state index contributed by atoms with van der Waals surface area (Å²) in [7, 11) is 0. The summed E-state index contributed by atoms with van der Waals surface area (Å²) in [6.07, 6.45) is 0.656. The molecule has 0 radical (unpaired) electrons. The molecule has 0 unspecified atom stereocenters. The van der Waals surface area contributed by atoms with E-state index in [0.29, 0.717) is 37.7 Å². The maximum atomic E-state index is 12.5. The summed E-state index contributed by atoms with van der Waals surface area (Å²) in [6, 6.07) is 15.5. The number of hydrogen-bond donors (Lipinski definition) is 1. The fraction of sp³-hybridized carbons (Fsp3) is 0.333. The Morgan fingerprint density at radius 2 is 1.81 bits per heavy atom. The summed E-state index contributed by atoms with van der Waals surface area (Å²) < 4.78 is 11.2. The summed E-state index contributed by atoms with van der Waals surface area (Å²) >= 11 is 1.45. The molecule has 1 aliphatic heterocycles. The van der Waals surface area contributed by atoms with Crippen LogP contribution in [0.3, 0.4) is 0 Å². The molecule has 0 aliphatic carbocycles. The second-order valence-electron chi connectivity index (χ2n) is 6.91. The quantitative estimate of drug-likeness (QED) is 0.610. The summed E-state index contributed by atoms with van der Waals surface area (Å²) in [5.74, 6) is 1.53. The Morgan fingerprint density at radius 3 is 2.55 bits per heavy atom. The topological polar surface area (TPSA) is 67.9 Å². The molecule has 2 aromatic carbocycles. The van der Waals surface area contributed by atoms with Gasteiger partial charge in [0.15, 0.2) is 11.5 Å². The third-order valence-corrected chi connectivity index (χ3v) is 5.51. The lowest BCUT2D eigenvalue weighted by Crippen LogP contribution is -2.42. The molecule has 7 heteroatoms. The summed E-state index contributed by atoms with van der Waals surface area (Å²) in [4.78, 5) is 26.6. The number of amides is 2. The van der Waals surface area contributed by atoms with Crippen molar-refractivity contribution in [3.63, 3.8) is 0 Å². The van der Waals surface area contributed by atoms with E-state index in [0.717, 1.165) is 22.6 Å². The number of carbonyl (C=O) groups excluding carboxylic acids is 2. The van der Waals surface area contributed by atoms with Crippen molar-refractivity contribution >= 4 is 29.3 Å². The second kappa shape index (κ2) is 11.5. The zero-order valence-corrected chi connectivity index (χ0v) is 18.7. The van der Waals surface area contributed by atoms with Crippen molar-refractivity contribution in [2.24, 2.45) is 0 Å². The number of carbonyl (C=O) groups is 2. The summed E-state index contributed by atoms with van der Waals surface area (Å²) in [5.41, 5.74) is 2.74. The third-order valence-electron chi connectivity index (χ3n) is 4.71. The van der Waals surface area contributed by atoms with Crippen LogP contribution in [-0.4, -0.2) is 48.8 Å². The minimum Gasteiger partial charge on any atom is -0.490 e. The molecule has 0 atom stereocenters. The van der Waals surface area contributed by atoms with E-state index < -0.39 is 0 Å². The van der Waals surface area contributed by atoms with E-state index in [-0.39, 0.29) is 18.4 Å². The molecule has 0 aromatic heterocycles. The number of nitrogens with one attached hydrogen (secondary N) is 1. The molecular weight excluding hydrogens is 412 g/mol. The number of ether oxygens (including phenoxy) is 2. The molecule has 164 valence electrons. The number of nitrogens with zero attached hydrogens (tertiary/aromatic N) is 1. The lowest BCUT2D eigenvalue weighted by atomic mass is 10.1. The number of benzene rings is 2. The van der Waals surface area contributed by atoms with E-state index in [1.54, 1.807) is 4.90 Å². The monoisotopic (exact) mass is 440 g/mol. The first-order chi connectivity index (χ1) is 15.1. The molecule has 0 spiro atoms. The highest BCUT2D eigenvalue weighted by Gasteiger charge is 2.25. The molecule has 1 N–H and O–H groups in total. The highest BCUT2D eigenvalue weighted by molar-refractivity contribution is 8.03. The van der Waals surface area contributed by atoms with E-state index in [1.165, 1.54) is 11.8 Å². The van der Waals surface area contributed by atoms with E-state index in [9.17, 15) is 9.59 Å². The van der Waals surface area contributed by atoms with Crippen molar-refractivity contribution in [1.82, 2.24) is 10.2 Å². The largest absolute Gasteiger partial charge is 0.490 e. The Bertz CT molecular complexity index is 930. The lowest BCUT2D eigenvalue weighted by Gasteiger charge is -2.28. The average Bonchev–Trinajstić information content (AvgIpc) is 2.78. The van der Waals surface area contributed by atoms with Gasteiger partial charge in [0.2, 0.25) is 11.8 Å². The smallest absolute Gasteiger partial charge is 0.240 e. The van der Waals surface area contributed by atoms with Crippen LogP contribution in [0.4, 0.5) is 0 Å². The van der Waals surface area contributed by atoms with Crippen molar-refractivity contribution in [3.05, 3.63) is 65.1 Å². The zero-order valence-electron chi connectivity index (χ0n) is 17.9. The Hall–Kier alpha value is -2.93. The Kier molecular flexibility index (Phi) is 8.41. The number of hydrogen-bond acceptors (Lipinski definition) is 5. The van der Waals surface area contributed by atoms with E-state index >= 15 is 0 Å². The van der Waals surface area contributed by atoms with E-state index in [1.807, 2.05) is 67.8 Å². The van der Waals surface area contributed by atoms with Crippen LogP contribution in [0.15, 0.2) is 53.9 Å². The van der Waals surface area contributed by atoms with Gasteiger partial charge in [-0.1, -0.05) is 36.4 Å². The first kappa shape index (κ1) is 22.7. The molecule has 0 fully saturated rings. The predicted octanol–water partition coefficient (Wildman–Crippen LogP) is 3.72. The Morgan fingerprint density at radius 1 is 1.06 bits per heavy atom. The molecular formula is C24H28N2O4S. The van der Waals surface area contributed by atoms with Gasteiger partial charge >= 0.3 is 0 Å². The van der Waals surface area contributed by atoms with Crippen LogP contribution in [0, 0.1) is 0 Å². The first-order valence-electron chi connectivity index (χ1n) is 10.4. The van der Waals surface area contributed by atoms with Crippen LogP contribution < -0.4 is 14.8 Å². The van der Waals surface area contributed by atoms with Crippen LogP contribution in [-0.2, 0) is 16.0 Å². The second-order valence-corrected chi connectivity index (χ2v) is 7.76. The molecule has 0 saturated heterocycles. The highest BCUT2D eigenvalue weighted by Crippen LogP contribution is 2.29. The number of thioether (sulfide) groups is 1. The highest BCUT2D eigenvalue weighted by atomic mass is 32.2. The van der Waals surface area contributed by atoms with Gasteiger partial charge in [0, 0.05) is 6.54 Å². The summed E-state index contributed by atoms with van der Waals surface area (Å²) in [5, 5.41) is 4.87. The van der Waals surface area contributed by atoms with Crippen molar-refractivity contribution < 1.29 is 19.1 Å². The minimum absolute atomic E-state index is 0.00753. The molecule has 2 aromatic rings. The van der Waals surface area contributed by atoms with Gasteiger partial charge in [-0.3, -0.25) is 9.59 Å². The van der Waals surface area contributed by atoms with Gasteiger partial charge in [-0.25, -0.2) is 0 Å². The van der Waals surface area contributed by atoms with Crippen LogP contribution in [0.25, 0.3) is 5.70 Å². The predicted molar refractivity (Wildman–Crippen MR) is 124 cm³/mol. The lowest BCUT2D eigenvalue weighted by molar-refractivity contribution is -0.131. The zero-order chi connectivity index (χ0) is 22.1. The van der Waals surface area contributed by atoms with Crippen molar-refractivity contribution in [2.75, 3.05) is 32.1 Å². The van der Waals surface area contributed by atoms with Gasteiger partial charge in [0.1, 0.15) is 6.54 Å². The Labute approximate surface area is 187 Å². The van der Waals surface area contributed by atoms with Crippen LogP contribution in [0.5, 0.6) is 11.5 Å². The molecule has 3 rings (SSSR count). The molecule has 0 saturated carbocycles. The molecule has 1 heterocycles. The average molecular weight is 441 g/mol. The Balaban J connectivity index is 1.57. The van der Waals surface area contributed by atoms with Gasteiger partial charge in [-0.2, -0.15) is 0 Å². The van der Waals surface area contributed by atoms with Gasteiger partial charge < -0.3 is 19.7 Å². The maximum Gasteiger partial charge on any atom is 0.240 e. The van der Waals surface area contributed by atoms with Crippen LogP contribution in [0.2, 0.25) is 0 Å². The SMILES string of the molecule is CCOc1ccc(CCNC(=O)CN2C(=O)CSC=C2c2ccccc2)cc1OCC. The third kappa shape index (κ3) is 6.28. The van der Waals surface area contributed by atoms with Crippen molar-refractivity contribution in [1.29, 1.82) is 0 Å². The summed E-state index contributed by atoms with van der Waals surface area (Å²) in [6.45, 7) is 5.47. The maximum absolute atomic E-state index is 12.5. The molecule has 0 bridgehead atoms. The first-order valence-corrected chi connectivity index (χ1v) is 11.5. The fourth-order valence-electron chi connectivity index (χ4n) is 3.27. The van der Waals surface area contributed by atoms with E-state index in [4.69, 9.17) is 9.47 Å². The molecule has 1 aliphatic rings. The van der Waals surface area contributed by atoms with Crippen molar-refractivity contribution in [3.8, 4) is 11.5 Å². The van der Waals surface area contributed by atoms with E-state index in [2.05, 4.69) is 5.32 Å². The minimum atomic E-state index is -0.182. The fourth-order valence-corrected chi connectivity index (χ4v) is 4.07. The van der Waals surface area contributed by atoms with Crippen LogP contribution >= 0.6 is 11.8 Å². The molecule has 31 heavy (non-hydrogen) atoms. The van der Waals surface area contributed by atoms with Gasteiger partial charge in [-0.15, -0.1) is 11.8 Å². The van der Waals surface area contributed by atoms with Gasteiger partial charge in [-0.05, 0) is 48.9 Å². The molecule has 6 nitrogen and oxygen atoms in total. The molecule has 2 amide bonds. The van der Waals surface area contributed by atoms with Crippen LogP contribution in [0.1, 0.15) is 25.0 Å². The van der Waals surface area contributed by atoms with Gasteiger partial charge in [0.05, 0.1) is 24.7 Å². The van der Waals surface area contributed by atoms with Gasteiger partial charge in [0.25, 0.3) is 0 Å². The van der Waals surface area contributed by atoms with Crippen molar-refractivity contribution in [2.45, 2.75) is 20.3 Å². The standard InChI is InChI=1S/C24H28N2O4S/c1-3-29-21-11-10-18(14-22(21)30-4-2)12-13-25-23(27)15-26-20(16-31-17-24(26)28)19-8-6-5-7-9-19/h5-11,14,16H,3-4,12-13,15,17H2,1-2H3,(H,25,27). The normalized spacial score (nSPS) is 13.5.